The minimum Gasteiger partial charge on any atom is -0.377 e. The van der Waals surface area contributed by atoms with E-state index in [1.165, 1.54) is 0 Å². The predicted molar refractivity (Wildman–Crippen MR) is 62.9 cm³/mol. The van der Waals surface area contributed by atoms with E-state index in [0.29, 0.717) is 13.2 Å². The molecule has 3 nitrogen and oxygen atoms in total. The average Bonchev–Trinajstić information content (AvgIpc) is 2.26. The largest absolute Gasteiger partial charge is 0.377 e. The van der Waals surface area contributed by atoms with Crippen LogP contribution in [0.4, 0.5) is 0 Å². The fourth-order valence-corrected chi connectivity index (χ4v) is 1.27. The molecule has 0 aromatic heterocycles. The molecule has 0 amide bonds. The number of nitrogens with zero attached hydrogens (tertiary/aromatic N) is 1. The molecule has 1 aromatic carbocycles. The molecule has 0 unspecified atom stereocenters. The van der Waals surface area contributed by atoms with Crippen LogP contribution in [0.15, 0.2) is 35.3 Å². The third kappa shape index (κ3) is 4.87. The van der Waals surface area contributed by atoms with Crippen LogP contribution < -0.4 is 0 Å². The van der Waals surface area contributed by atoms with Gasteiger partial charge in [0.25, 0.3) is 0 Å². The summed E-state index contributed by atoms with van der Waals surface area (Å²) >= 11 is 0. The Labute approximate surface area is 96.2 Å². The van der Waals surface area contributed by atoms with Crippen molar-refractivity contribution in [3.05, 3.63) is 35.9 Å². The molecule has 0 atom stereocenters. The fraction of sp³-hybridized carbons (Fsp3) is 0.462. The molecule has 0 aliphatic heterocycles. The van der Waals surface area contributed by atoms with Gasteiger partial charge in [0, 0.05) is 6.61 Å². The summed E-state index contributed by atoms with van der Waals surface area (Å²) in [5, 5.41) is 0. The Morgan fingerprint density at radius 1 is 1.31 bits per heavy atom. The van der Waals surface area contributed by atoms with Gasteiger partial charge in [0.15, 0.2) is 0 Å². The SMILES string of the molecule is CC(C)(CCOCc1ccccc1)N=C=O. The van der Waals surface area contributed by atoms with Crippen molar-refractivity contribution in [3.8, 4) is 0 Å². The summed E-state index contributed by atoms with van der Waals surface area (Å²) in [6.07, 6.45) is 2.30. The van der Waals surface area contributed by atoms with Gasteiger partial charge in [-0.2, -0.15) is 4.99 Å². The molecule has 0 N–H and O–H groups in total. The molecule has 0 bridgehead atoms. The van der Waals surface area contributed by atoms with Crippen LogP contribution in [-0.2, 0) is 16.1 Å². The van der Waals surface area contributed by atoms with Crippen molar-refractivity contribution in [1.82, 2.24) is 0 Å². The Balaban J connectivity index is 2.25. The van der Waals surface area contributed by atoms with Gasteiger partial charge in [0.2, 0.25) is 6.08 Å². The number of benzene rings is 1. The van der Waals surface area contributed by atoms with Crippen molar-refractivity contribution in [2.45, 2.75) is 32.4 Å². The maximum atomic E-state index is 10.1. The van der Waals surface area contributed by atoms with Gasteiger partial charge >= 0.3 is 0 Å². The molecule has 0 aliphatic rings. The van der Waals surface area contributed by atoms with Crippen molar-refractivity contribution >= 4 is 6.08 Å². The summed E-state index contributed by atoms with van der Waals surface area (Å²) in [6, 6.07) is 9.99. The molecule has 0 aliphatic carbocycles. The van der Waals surface area contributed by atoms with E-state index in [1.54, 1.807) is 6.08 Å². The van der Waals surface area contributed by atoms with Gasteiger partial charge in [-0.25, -0.2) is 4.79 Å². The lowest BCUT2D eigenvalue weighted by Gasteiger charge is -2.16. The Hall–Kier alpha value is -1.44. The van der Waals surface area contributed by atoms with Crippen LogP contribution in [0.5, 0.6) is 0 Å². The number of aliphatic imine (C=N–C) groups is 1. The Kier molecular flexibility index (Phi) is 4.90. The van der Waals surface area contributed by atoms with Gasteiger partial charge in [-0.15, -0.1) is 0 Å². The molecule has 0 heterocycles. The van der Waals surface area contributed by atoms with Gasteiger partial charge < -0.3 is 4.74 Å². The van der Waals surface area contributed by atoms with Crippen molar-refractivity contribution in [1.29, 1.82) is 0 Å². The maximum Gasteiger partial charge on any atom is 0.235 e. The van der Waals surface area contributed by atoms with Crippen LogP contribution in [0, 0.1) is 0 Å². The molecular weight excluding hydrogens is 202 g/mol. The zero-order valence-electron chi connectivity index (χ0n) is 9.77. The molecule has 0 saturated heterocycles. The van der Waals surface area contributed by atoms with Crippen molar-refractivity contribution in [2.75, 3.05) is 6.61 Å². The summed E-state index contributed by atoms with van der Waals surface area (Å²) in [5.74, 6) is 0. The molecule has 16 heavy (non-hydrogen) atoms. The molecule has 0 saturated carbocycles. The first kappa shape index (κ1) is 12.6. The molecule has 0 spiro atoms. The third-order valence-electron chi connectivity index (χ3n) is 2.32. The highest BCUT2D eigenvalue weighted by molar-refractivity contribution is 5.34. The van der Waals surface area contributed by atoms with Crippen molar-refractivity contribution in [2.24, 2.45) is 4.99 Å². The zero-order valence-corrected chi connectivity index (χ0v) is 9.77. The molecular formula is C13H17NO2. The van der Waals surface area contributed by atoms with Crippen LogP contribution in [-0.4, -0.2) is 18.2 Å². The number of ether oxygens (including phenoxy) is 1. The highest BCUT2D eigenvalue weighted by Gasteiger charge is 2.15. The molecule has 3 heteroatoms. The first-order valence-corrected chi connectivity index (χ1v) is 5.35. The third-order valence-corrected chi connectivity index (χ3v) is 2.32. The minimum absolute atomic E-state index is 0.377. The number of rotatable bonds is 6. The standard InChI is InChI=1S/C13H17NO2/c1-13(2,14-11-15)8-9-16-10-12-6-4-3-5-7-12/h3-7H,8-10H2,1-2H3. The van der Waals surface area contributed by atoms with Crippen LogP contribution >= 0.6 is 0 Å². The van der Waals surface area contributed by atoms with Crippen LogP contribution in [0.2, 0.25) is 0 Å². The minimum atomic E-state index is -0.377. The van der Waals surface area contributed by atoms with E-state index >= 15 is 0 Å². The van der Waals surface area contributed by atoms with Gasteiger partial charge in [-0.05, 0) is 25.8 Å². The summed E-state index contributed by atoms with van der Waals surface area (Å²) in [6.45, 7) is 4.97. The summed E-state index contributed by atoms with van der Waals surface area (Å²) < 4.78 is 5.51. The van der Waals surface area contributed by atoms with Gasteiger partial charge in [0.05, 0.1) is 12.1 Å². The highest BCUT2D eigenvalue weighted by atomic mass is 16.5. The fourth-order valence-electron chi connectivity index (χ4n) is 1.27. The van der Waals surface area contributed by atoms with Crippen molar-refractivity contribution in [3.63, 3.8) is 0 Å². The normalized spacial score (nSPS) is 10.9. The van der Waals surface area contributed by atoms with E-state index in [2.05, 4.69) is 4.99 Å². The topological polar surface area (TPSA) is 38.7 Å². The molecule has 0 fully saturated rings. The highest BCUT2D eigenvalue weighted by Crippen LogP contribution is 2.13. The Morgan fingerprint density at radius 2 is 2.00 bits per heavy atom. The van der Waals surface area contributed by atoms with Crippen LogP contribution in [0.1, 0.15) is 25.8 Å². The molecule has 1 rings (SSSR count). The second kappa shape index (κ2) is 6.21. The van der Waals surface area contributed by atoms with E-state index in [0.717, 1.165) is 12.0 Å². The zero-order chi connectivity index (χ0) is 11.9. The monoisotopic (exact) mass is 219 g/mol. The lowest BCUT2D eigenvalue weighted by molar-refractivity contribution is 0.107. The van der Waals surface area contributed by atoms with E-state index in [4.69, 9.17) is 4.74 Å². The van der Waals surface area contributed by atoms with E-state index in [-0.39, 0.29) is 5.54 Å². The number of carbonyl (C=O) groups excluding carboxylic acids is 1. The number of hydrogen-bond acceptors (Lipinski definition) is 3. The van der Waals surface area contributed by atoms with Crippen LogP contribution in [0.3, 0.4) is 0 Å². The van der Waals surface area contributed by atoms with Crippen molar-refractivity contribution < 1.29 is 9.53 Å². The van der Waals surface area contributed by atoms with E-state index in [1.807, 2.05) is 44.2 Å². The van der Waals surface area contributed by atoms with E-state index in [9.17, 15) is 4.79 Å². The summed E-state index contributed by atoms with van der Waals surface area (Å²) in [5.41, 5.74) is 0.775. The summed E-state index contributed by atoms with van der Waals surface area (Å²) in [4.78, 5) is 13.9. The van der Waals surface area contributed by atoms with Gasteiger partial charge in [-0.3, -0.25) is 0 Å². The molecule has 86 valence electrons. The Bertz CT molecular complexity index is 353. The van der Waals surface area contributed by atoms with Crippen LogP contribution in [0.25, 0.3) is 0 Å². The predicted octanol–water partition coefficient (Wildman–Crippen LogP) is 2.71. The molecule has 1 aromatic rings. The van der Waals surface area contributed by atoms with Gasteiger partial charge in [-0.1, -0.05) is 30.3 Å². The summed E-state index contributed by atoms with van der Waals surface area (Å²) in [7, 11) is 0. The first-order chi connectivity index (χ1) is 7.64. The lowest BCUT2D eigenvalue weighted by Crippen LogP contribution is -2.19. The molecule has 0 radical (unpaired) electrons. The lowest BCUT2D eigenvalue weighted by atomic mass is 10.0. The second-order valence-electron chi connectivity index (χ2n) is 4.30. The average molecular weight is 219 g/mol. The second-order valence-corrected chi connectivity index (χ2v) is 4.30. The quantitative estimate of drug-likeness (QED) is 0.419. The number of hydrogen-bond donors (Lipinski definition) is 0. The first-order valence-electron chi connectivity index (χ1n) is 5.35. The Morgan fingerprint density at radius 3 is 2.62 bits per heavy atom. The van der Waals surface area contributed by atoms with Gasteiger partial charge in [0.1, 0.15) is 0 Å². The smallest absolute Gasteiger partial charge is 0.235 e. The maximum absolute atomic E-state index is 10.1. The number of isocyanates is 1. The van der Waals surface area contributed by atoms with E-state index < -0.39 is 0 Å².